The maximum absolute atomic E-state index is 14.8. The minimum Gasteiger partial charge on any atom is -0.487 e. The lowest BCUT2D eigenvalue weighted by atomic mass is 9.89. The molecule has 0 fully saturated rings. The van der Waals surface area contributed by atoms with E-state index in [0.29, 0.717) is 10.8 Å². The number of fused-ring (bicyclic) bond motifs is 20. The van der Waals surface area contributed by atoms with E-state index in [0.717, 1.165) is 0 Å². The van der Waals surface area contributed by atoms with Crippen molar-refractivity contribution in [2.45, 2.75) is 77.1 Å². The molecule has 4 N–H and O–H groups in total. The number of hydrogen-bond acceptors (Lipinski definition) is 12. The highest BCUT2D eigenvalue weighted by atomic mass is 28.2. The number of aromatic nitrogens is 8. The van der Waals surface area contributed by atoms with Crippen molar-refractivity contribution in [3.63, 3.8) is 0 Å². The average Bonchev–Trinajstić information content (AvgIpc) is 1.68. The molecule has 0 aliphatic carbocycles. The Bertz CT molecular complexity index is 3770. The zero-order valence-electron chi connectivity index (χ0n) is 45.7. The summed E-state index contributed by atoms with van der Waals surface area (Å²) in [6.07, 6.45) is -53.3. The molecular weight excluding hydrogens is 1320 g/mol. The van der Waals surface area contributed by atoms with Gasteiger partial charge in [-0.25, -0.2) is 29.9 Å². The Kier molecular flexibility index (Phi) is 17.3. The van der Waals surface area contributed by atoms with Gasteiger partial charge in [0.1, 0.15) is 49.0 Å². The minimum atomic E-state index is -6.70. The standard InChI is InChI=1S/C52H34F24N8O4.H4O2Si/c1-41(45(53,54)55,46(56,57)58)17-85-29-27-28(30(86-18-42(2,47(59,60)61)48(62,63)64)32(88-20-44(4,51(71,72)73)52(74,75)76)31(29)87-19-43(3,49(65,66)67)50(68,69)70)40-83-38-26-16-10-8-14-24(26)36(81-38)79-34-22-12-6-5-11-21(22)33(77-34)78-35-23-13-7-9-15-25(23)37(80-35)82-39(27)84-40;1-3-2/h5-16H,17-20H2,1-4H3,(H2,77,78,79,80,81,82,83,84);1-2H,3H2. The van der Waals surface area contributed by atoms with Crippen molar-refractivity contribution in [1.82, 2.24) is 39.9 Å². The maximum atomic E-state index is 14.8. The van der Waals surface area contributed by atoms with Crippen LogP contribution >= 0.6 is 0 Å². The van der Waals surface area contributed by atoms with E-state index in [4.69, 9.17) is 28.5 Å². The second-order valence-corrected chi connectivity index (χ2v) is 21.2. The first kappa shape index (κ1) is 68.8. The van der Waals surface area contributed by atoms with Gasteiger partial charge in [-0.1, -0.05) is 72.8 Å². The molecule has 2 aliphatic rings. The third-order valence-corrected chi connectivity index (χ3v) is 14.8. The SMILES string of the molecule is CC(COc1c(OCC(C)(C(F)(F)F)C(F)(F)F)c(OCC(C)(C(F)(F)F)C(F)(F)F)c2c3nc4nc(nc5[nH]c(nc6nc(nc([nH]3)c2c1OCC(C)(C(F)(F)F)C(F)(F)F)-c1ccccc1-6)c1ccccc51)-c1ccccc1-4)(C(F)(F)F)C(F)(F)F.O[SiH2]O. The van der Waals surface area contributed by atoms with E-state index in [9.17, 15) is 105 Å². The van der Waals surface area contributed by atoms with Gasteiger partial charge in [0.25, 0.3) is 10.0 Å². The van der Waals surface area contributed by atoms with Gasteiger partial charge in [0.2, 0.25) is 11.5 Å². The van der Waals surface area contributed by atoms with Crippen LogP contribution in [0.4, 0.5) is 105 Å². The van der Waals surface area contributed by atoms with E-state index in [1.165, 1.54) is 48.5 Å². The zero-order chi connectivity index (χ0) is 68.1. The van der Waals surface area contributed by atoms with Gasteiger partial charge < -0.3 is 38.5 Å². The van der Waals surface area contributed by atoms with E-state index >= 15 is 0 Å². The highest BCUT2D eigenvalue weighted by Gasteiger charge is 2.72. The van der Waals surface area contributed by atoms with Crippen molar-refractivity contribution in [2.24, 2.45) is 21.7 Å². The lowest BCUT2D eigenvalue weighted by Crippen LogP contribution is -2.52. The number of rotatable bonds is 12. The molecule has 2 aliphatic heterocycles. The second kappa shape index (κ2) is 22.9. The predicted octanol–water partition coefficient (Wildman–Crippen LogP) is 14.9. The number of aromatic amines is 2. The van der Waals surface area contributed by atoms with Crippen LogP contribution in [-0.4, -0.2) is 135 Å². The summed E-state index contributed by atoms with van der Waals surface area (Å²) in [6, 6.07) is 16.6. The smallest absolute Gasteiger partial charge is 0.406 e. The number of benzene rings is 4. The lowest BCUT2D eigenvalue weighted by Gasteiger charge is -2.36. The Morgan fingerprint density at radius 3 is 0.747 bits per heavy atom. The molecule has 0 unspecified atom stereocenters. The molecule has 0 amide bonds. The van der Waals surface area contributed by atoms with Gasteiger partial charge in [0, 0.05) is 33.0 Å². The molecule has 0 spiro atoms. The van der Waals surface area contributed by atoms with Crippen LogP contribution < -0.4 is 18.9 Å². The summed E-state index contributed by atoms with van der Waals surface area (Å²) in [6.45, 7) is -15.3. The monoisotopic (exact) mass is 1350 g/mol. The Morgan fingerprint density at radius 1 is 0.319 bits per heavy atom. The number of ether oxygens (including phenoxy) is 4. The molecule has 0 saturated carbocycles. The summed E-state index contributed by atoms with van der Waals surface area (Å²) in [5.74, 6) is -11.9. The quantitative estimate of drug-likeness (QED) is 0.0671. The summed E-state index contributed by atoms with van der Waals surface area (Å²) in [5, 5.41) is -2.69. The Hall–Kier alpha value is -8.10. The fraction of sp³-hybridized carbons (Fsp3) is 0.385. The van der Waals surface area contributed by atoms with E-state index < -0.39 is 192 Å². The van der Waals surface area contributed by atoms with Crippen molar-refractivity contribution in [2.75, 3.05) is 26.4 Å². The van der Waals surface area contributed by atoms with Gasteiger partial charge in [-0.15, -0.1) is 0 Å². The molecule has 14 nitrogen and oxygen atoms in total. The van der Waals surface area contributed by atoms with Crippen LogP contribution in [-0.2, 0) is 0 Å². The Labute approximate surface area is 493 Å². The number of hydrogen-bond donors (Lipinski definition) is 4. The summed E-state index contributed by atoms with van der Waals surface area (Å²) in [7, 11) is -1.58. The van der Waals surface area contributed by atoms with E-state index in [1.807, 2.05) is 0 Å². The third-order valence-electron chi connectivity index (χ3n) is 14.8. The van der Waals surface area contributed by atoms with Crippen molar-refractivity contribution >= 4 is 54.1 Å². The van der Waals surface area contributed by atoms with Crippen molar-refractivity contribution in [3.05, 3.63) is 72.8 Å². The van der Waals surface area contributed by atoms with Crippen molar-refractivity contribution < 1.29 is 134 Å². The normalized spacial score (nSPS) is 14.0. The molecule has 7 aromatic rings. The predicted molar refractivity (Wildman–Crippen MR) is 272 cm³/mol. The van der Waals surface area contributed by atoms with Gasteiger partial charge in [-0.05, 0) is 27.7 Å². The fourth-order valence-electron chi connectivity index (χ4n) is 8.49. The van der Waals surface area contributed by atoms with Gasteiger partial charge in [-0.3, -0.25) is 0 Å². The van der Waals surface area contributed by atoms with Gasteiger partial charge in [-0.2, -0.15) is 105 Å². The van der Waals surface area contributed by atoms with Gasteiger partial charge in [0.15, 0.2) is 56.5 Å². The molecule has 0 saturated heterocycles. The largest absolute Gasteiger partial charge is 0.487 e. The minimum absolute atomic E-state index is 0.0164. The fourth-order valence-corrected chi connectivity index (χ4v) is 8.49. The number of alkyl halides is 24. The lowest BCUT2D eigenvalue weighted by molar-refractivity contribution is -0.343. The molecule has 39 heteroatoms. The van der Waals surface area contributed by atoms with Crippen LogP contribution in [0.2, 0.25) is 0 Å². The molecule has 8 bridgehead atoms. The van der Waals surface area contributed by atoms with Crippen LogP contribution in [0.15, 0.2) is 72.8 Å². The molecular formula is C52H38F24N8O6Si. The highest BCUT2D eigenvalue weighted by Crippen LogP contribution is 2.61. The Morgan fingerprint density at radius 2 is 0.516 bits per heavy atom. The first-order chi connectivity index (χ1) is 41.6. The van der Waals surface area contributed by atoms with Crippen LogP contribution in [0.5, 0.6) is 23.0 Å². The Balaban J connectivity index is 0.00000349. The number of H-pyrrole nitrogens is 2. The molecule has 0 radical (unpaired) electrons. The number of nitrogens with zero attached hydrogens (tertiary/aromatic N) is 6. The first-order valence-corrected chi connectivity index (χ1v) is 26.5. The van der Waals surface area contributed by atoms with E-state index in [1.54, 1.807) is 24.3 Å². The van der Waals surface area contributed by atoms with Crippen LogP contribution in [0.1, 0.15) is 27.7 Å². The molecule has 4 aromatic carbocycles. The van der Waals surface area contributed by atoms with E-state index in [2.05, 4.69) is 39.9 Å². The summed E-state index contributed by atoms with van der Waals surface area (Å²) in [5.41, 5.74) is -24.7. The second-order valence-electron chi connectivity index (χ2n) is 20.9. The summed E-state index contributed by atoms with van der Waals surface area (Å²) < 4.78 is 375. The number of halogens is 24. The molecule has 0 atom stereocenters. The maximum Gasteiger partial charge on any atom is 0.406 e. The topological polar surface area (TPSA) is 186 Å². The molecule has 91 heavy (non-hydrogen) atoms. The molecule has 494 valence electrons. The highest BCUT2D eigenvalue weighted by molar-refractivity contribution is 6.15. The van der Waals surface area contributed by atoms with Crippen LogP contribution in [0, 0.1) is 21.7 Å². The van der Waals surface area contributed by atoms with Crippen molar-refractivity contribution in [3.8, 4) is 68.5 Å². The first-order valence-electron chi connectivity index (χ1n) is 25.2. The average molecular weight is 1350 g/mol. The van der Waals surface area contributed by atoms with Gasteiger partial charge >= 0.3 is 49.4 Å². The summed E-state index contributed by atoms with van der Waals surface area (Å²) >= 11 is 0. The van der Waals surface area contributed by atoms with Crippen molar-refractivity contribution in [1.29, 1.82) is 0 Å². The van der Waals surface area contributed by atoms with Gasteiger partial charge in [0.05, 0.1) is 10.8 Å². The molecule has 3 aromatic heterocycles. The zero-order valence-corrected chi connectivity index (χ0v) is 47.2. The van der Waals surface area contributed by atoms with Crippen LogP contribution in [0.25, 0.3) is 89.7 Å². The van der Waals surface area contributed by atoms with Crippen LogP contribution in [0.3, 0.4) is 0 Å². The number of nitrogens with one attached hydrogen (secondary N) is 2. The summed E-state index contributed by atoms with van der Waals surface area (Å²) in [4.78, 5) is 46.2. The molecule has 5 heterocycles. The third kappa shape index (κ3) is 12.0. The molecule has 9 rings (SSSR count). The van der Waals surface area contributed by atoms with E-state index in [-0.39, 0.29) is 45.2 Å².